The van der Waals surface area contributed by atoms with Crippen molar-refractivity contribution in [2.75, 3.05) is 12.7 Å². The van der Waals surface area contributed by atoms with Crippen LogP contribution in [0.3, 0.4) is 0 Å². The Labute approximate surface area is 52.0 Å². The summed E-state index contributed by atoms with van der Waals surface area (Å²) in [5, 5.41) is 3.00. The van der Waals surface area contributed by atoms with Crippen LogP contribution in [0.2, 0.25) is 0 Å². The summed E-state index contributed by atoms with van der Waals surface area (Å²) in [4.78, 5) is 0. The summed E-state index contributed by atoms with van der Waals surface area (Å²) in [6.45, 7) is 1.15. The van der Waals surface area contributed by atoms with Gasteiger partial charge in [-0.15, -0.1) is 0 Å². The first kappa shape index (κ1) is 6.97. The quantitative estimate of drug-likeness (QED) is 0.407. The van der Waals surface area contributed by atoms with E-state index in [9.17, 15) is 0 Å². The van der Waals surface area contributed by atoms with Crippen LogP contribution in [-0.4, -0.2) is 12.7 Å². The second-order valence-electron chi connectivity index (χ2n) is 0.979. The second kappa shape index (κ2) is 4.14. The van der Waals surface area contributed by atoms with Crippen molar-refractivity contribution in [3.05, 3.63) is 0 Å². The molecule has 1 radical (unpaired) electrons. The predicted molar refractivity (Wildman–Crippen MR) is 24.3 cm³/mol. The van der Waals surface area contributed by atoms with Gasteiger partial charge in [0.25, 0.3) is 0 Å². The summed E-state index contributed by atoms with van der Waals surface area (Å²) < 4.78 is 0. The van der Waals surface area contributed by atoms with Crippen molar-refractivity contribution >= 4 is 8.73 Å². The molecule has 0 aromatic rings. The van der Waals surface area contributed by atoms with Gasteiger partial charge in [0, 0.05) is 26.0 Å². The molecule has 1 atom stereocenters. The molecule has 0 amide bonds. The molecular weight excluding hydrogens is 186 g/mol. The van der Waals surface area contributed by atoms with E-state index in [1.807, 2.05) is 0 Å². The first-order chi connectivity index (χ1) is 2.50. The van der Waals surface area contributed by atoms with Crippen LogP contribution in [-0.2, 0) is 19.5 Å². The van der Waals surface area contributed by atoms with Crippen molar-refractivity contribution in [2.24, 2.45) is 0 Å². The molecule has 0 aliphatic carbocycles. The van der Waals surface area contributed by atoms with Crippen molar-refractivity contribution in [1.82, 2.24) is 10.6 Å². The molecule has 39 valence electrons. The molecule has 0 bridgehead atoms. The standard InChI is InChI=1S/C2H7N2P.Rh/c1-2-5-4-3-1;/h3-5H,1-2H2;. The third-order valence-electron chi connectivity index (χ3n) is 0.552. The largest absolute Gasteiger partial charge is 0.254 e. The molecule has 1 rings (SSSR count). The van der Waals surface area contributed by atoms with E-state index in [2.05, 4.69) is 10.6 Å². The van der Waals surface area contributed by atoms with Gasteiger partial charge >= 0.3 is 0 Å². The maximum Gasteiger partial charge on any atom is 0.0152 e. The molecule has 2 N–H and O–H groups in total. The number of nitrogens with one attached hydrogen (secondary N) is 2. The average molecular weight is 193 g/mol. The molecule has 0 spiro atoms. The molecule has 1 aliphatic heterocycles. The molecule has 0 aromatic heterocycles. The van der Waals surface area contributed by atoms with Gasteiger partial charge in [-0.2, -0.15) is 0 Å². The Bertz CT molecular complexity index is 23.1. The summed E-state index contributed by atoms with van der Waals surface area (Å²) in [6, 6.07) is 0. The Hall–Kier alpha value is 0.973. The van der Waals surface area contributed by atoms with Crippen molar-refractivity contribution in [2.45, 2.75) is 0 Å². The summed E-state index contributed by atoms with van der Waals surface area (Å²) in [5.74, 6) is 0. The van der Waals surface area contributed by atoms with E-state index in [1.165, 1.54) is 6.16 Å². The molecule has 4 heteroatoms. The molecule has 1 saturated heterocycles. The average Bonchev–Trinajstić information content (AvgIpc) is 1.76. The van der Waals surface area contributed by atoms with Crippen LogP contribution >= 0.6 is 8.73 Å². The minimum atomic E-state index is 0. The smallest absolute Gasteiger partial charge is 0.0152 e. The van der Waals surface area contributed by atoms with Gasteiger partial charge in [0.05, 0.1) is 0 Å². The van der Waals surface area contributed by atoms with E-state index >= 15 is 0 Å². The van der Waals surface area contributed by atoms with E-state index in [-0.39, 0.29) is 19.5 Å². The minimum absolute atomic E-state index is 0. The Morgan fingerprint density at radius 2 is 2.33 bits per heavy atom. The van der Waals surface area contributed by atoms with Crippen LogP contribution in [0.4, 0.5) is 0 Å². The van der Waals surface area contributed by atoms with Gasteiger partial charge in [-0.1, -0.05) is 0 Å². The fourth-order valence-corrected chi connectivity index (χ4v) is 0.937. The van der Waals surface area contributed by atoms with Crippen LogP contribution in [0, 0.1) is 0 Å². The zero-order chi connectivity index (χ0) is 3.54. The van der Waals surface area contributed by atoms with Crippen molar-refractivity contribution in [3.63, 3.8) is 0 Å². The monoisotopic (exact) mass is 193 g/mol. The molecular formula is C2H7N2PRh. The maximum absolute atomic E-state index is 3.00. The normalized spacial score (nSPS) is 24.0. The Kier molecular flexibility index (Phi) is 4.81. The molecule has 0 saturated carbocycles. The number of rotatable bonds is 0. The van der Waals surface area contributed by atoms with Crippen LogP contribution < -0.4 is 10.6 Å². The molecule has 1 unspecified atom stereocenters. The van der Waals surface area contributed by atoms with E-state index in [1.54, 1.807) is 0 Å². The summed E-state index contributed by atoms with van der Waals surface area (Å²) in [6.07, 6.45) is 1.31. The SMILES string of the molecule is C1CPNN1.[Rh]. The topological polar surface area (TPSA) is 24.1 Å². The first-order valence-corrected chi connectivity index (χ1v) is 2.91. The van der Waals surface area contributed by atoms with Gasteiger partial charge in [0.2, 0.25) is 0 Å². The van der Waals surface area contributed by atoms with Gasteiger partial charge < -0.3 is 0 Å². The molecule has 1 fully saturated rings. The van der Waals surface area contributed by atoms with E-state index in [4.69, 9.17) is 0 Å². The van der Waals surface area contributed by atoms with Crippen molar-refractivity contribution in [3.8, 4) is 0 Å². The molecule has 1 heterocycles. The van der Waals surface area contributed by atoms with Crippen molar-refractivity contribution in [1.29, 1.82) is 0 Å². The fraction of sp³-hybridized carbons (Fsp3) is 1.00. The Morgan fingerprint density at radius 3 is 2.50 bits per heavy atom. The van der Waals surface area contributed by atoms with Crippen LogP contribution in [0.1, 0.15) is 0 Å². The molecule has 2 nitrogen and oxygen atoms in total. The molecule has 6 heavy (non-hydrogen) atoms. The summed E-state index contributed by atoms with van der Waals surface area (Å²) >= 11 is 0. The van der Waals surface area contributed by atoms with Gasteiger partial charge in [-0.05, 0) is 14.9 Å². The van der Waals surface area contributed by atoms with Crippen molar-refractivity contribution < 1.29 is 19.5 Å². The molecule has 1 aliphatic rings. The third-order valence-corrected chi connectivity index (χ3v) is 1.41. The Balaban J connectivity index is 0.000000250. The van der Waals surface area contributed by atoms with E-state index in [0.29, 0.717) is 0 Å². The number of hydrazine groups is 1. The van der Waals surface area contributed by atoms with Gasteiger partial charge in [0.1, 0.15) is 0 Å². The minimum Gasteiger partial charge on any atom is -0.254 e. The predicted octanol–water partition coefficient (Wildman–Crippen LogP) is -0.315. The van der Waals surface area contributed by atoms with Crippen LogP contribution in [0.5, 0.6) is 0 Å². The van der Waals surface area contributed by atoms with Gasteiger partial charge in [0.15, 0.2) is 0 Å². The van der Waals surface area contributed by atoms with Gasteiger partial charge in [-0.25, -0.2) is 5.20 Å². The van der Waals surface area contributed by atoms with Crippen LogP contribution in [0.15, 0.2) is 0 Å². The summed E-state index contributed by atoms with van der Waals surface area (Å²) in [7, 11) is 0.948. The second-order valence-corrected chi connectivity index (χ2v) is 2.08. The first-order valence-electron chi connectivity index (χ1n) is 1.71. The summed E-state index contributed by atoms with van der Waals surface area (Å²) in [5.41, 5.74) is 2.98. The van der Waals surface area contributed by atoms with Gasteiger partial charge in [-0.3, -0.25) is 5.43 Å². The molecule has 0 aromatic carbocycles. The fourth-order valence-electron chi connectivity index (χ4n) is 0.312. The van der Waals surface area contributed by atoms with E-state index < -0.39 is 0 Å². The zero-order valence-electron chi connectivity index (χ0n) is 3.25. The number of hydrogen-bond donors (Lipinski definition) is 2. The third kappa shape index (κ3) is 2.20. The van der Waals surface area contributed by atoms with Crippen LogP contribution in [0.25, 0.3) is 0 Å². The zero-order valence-corrected chi connectivity index (χ0v) is 5.89. The number of hydrogen-bond acceptors (Lipinski definition) is 2. The Morgan fingerprint density at radius 1 is 1.50 bits per heavy atom. The van der Waals surface area contributed by atoms with E-state index in [0.717, 1.165) is 15.3 Å². The maximum atomic E-state index is 3.00.